The number of nitrogens with zero attached hydrogens (tertiary/aromatic N) is 1. The molecule has 0 amide bonds. The molecule has 1 unspecified atom stereocenters. The van der Waals surface area contributed by atoms with Crippen LogP contribution in [0.1, 0.15) is 24.6 Å². The minimum Gasteiger partial charge on any atom is -0.496 e. The molecule has 2 N–H and O–H groups in total. The van der Waals surface area contributed by atoms with E-state index in [0.29, 0.717) is 5.92 Å². The Hall–Kier alpha value is -1.81. The van der Waals surface area contributed by atoms with E-state index in [0.717, 1.165) is 35.9 Å². The van der Waals surface area contributed by atoms with E-state index in [-0.39, 0.29) is 0 Å². The van der Waals surface area contributed by atoms with E-state index in [1.165, 1.54) is 12.8 Å². The molecule has 100 valence electrons. The molecule has 3 rings (SSSR count). The van der Waals surface area contributed by atoms with Gasteiger partial charge in [-0.3, -0.25) is 0 Å². The number of ether oxygens (including phenoxy) is 1. The molecule has 0 bridgehead atoms. The molecular weight excluding hydrogens is 238 g/mol. The summed E-state index contributed by atoms with van der Waals surface area (Å²) in [5.74, 6) is 2.45. The summed E-state index contributed by atoms with van der Waals surface area (Å²) in [6.45, 7) is 2.13. The summed E-state index contributed by atoms with van der Waals surface area (Å²) in [4.78, 5) is 7.98. The van der Waals surface area contributed by atoms with Crippen molar-refractivity contribution in [3.63, 3.8) is 0 Å². The lowest BCUT2D eigenvalue weighted by Gasteiger charge is -2.20. The first kappa shape index (κ1) is 12.2. The van der Waals surface area contributed by atoms with E-state index < -0.39 is 0 Å². The van der Waals surface area contributed by atoms with Gasteiger partial charge >= 0.3 is 0 Å². The van der Waals surface area contributed by atoms with Gasteiger partial charge in [-0.15, -0.1) is 0 Å². The number of methoxy groups -OCH3 is 1. The Balaban J connectivity index is 1.88. The number of H-pyrrole nitrogens is 1. The first-order valence-corrected chi connectivity index (χ1v) is 6.77. The standard InChI is InChI=1S/C15H19N3O/c1-19-14-7-3-2-6-12(14)13-10-17-15(18-13)11-5-4-8-16-9-11/h2-3,6-7,10-11,16H,4-5,8-9H2,1H3,(H,17,18). The Morgan fingerprint density at radius 3 is 3.00 bits per heavy atom. The summed E-state index contributed by atoms with van der Waals surface area (Å²) in [5.41, 5.74) is 2.09. The number of hydrogen-bond acceptors (Lipinski definition) is 3. The fourth-order valence-electron chi connectivity index (χ4n) is 2.63. The lowest BCUT2D eigenvalue weighted by molar-refractivity contribution is 0.416. The Kier molecular flexibility index (Phi) is 3.51. The fraction of sp³-hybridized carbons (Fsp3) is 0.400. The second-order valence-corrected chi connectivity index (χ2v) is 4.93. The third-order valence-electron chi connectivity index (χ3n) is 3.68. The van der Waals surface area contributed by atoms with Crippen LogP contribution in [-0.4, -0.2) is 30.2 Å². The topological polar surface area (TPSA) is 49.9 Å². The lowest BCUT2D eigenvalue weighted by Crippen LogP contribution is -2.28. The minimum absolute atomic E-state index is 0.497. The monoisotopic (exact) mass is 257 g/mol. The Labute approximate surface area is 113 Å². The van der Waals surface area contributed by atoms with Gasteiger partial charge in [0.05, 0.1) is 19.0 Å². The zero-order valence-electron chi connectivity index (χ0n) is 11.1. The summed E-state index contributed by atoms with van der Waals surface area (Å²) in [5, 5.41) is 3.42. The van der Waals surface area contributed by atoms with Crippen molar-refractivity contribution in [1.82, 2.24) is 15.3 Å². The quantitative estimate of drug-likeness (QED) is 0.888. The van der Waals surface area contributed by atoms with Crippen molar-refractivity contribution in [3.8, 4) is 17.0 Å². The Morgan fingerprint density at radius 1 is 1.32 bits per heavy atom. The number of piperidine rings is 1. The second-order valence-electron chi connectivity index (χ2n) is 4.93. The van der Waals surface area contributed by atoms with Crippen LogP contribution in [0.5, 0.6) is 5.75 Å². The minimum atomic E-state index is 0.497. The number of aromatic nitrogens is 2. The molecule has 19 heavy (non-hydrogen) atoms. The average molecular weight is 257 g/mol. The second kappa shape index (κ2) is 5.45. The first-order valence-electron chi connectivity index (χ1n) is 6.77. The van der Waals surface area contributed by atoms with Crippen molar-refractivity contribution in [2.45, 2.75) is 18.8 Å². The predicted octanol–water partition coefficient (Wildman–Crippen LogP) is 2.55. The molecule has 1 aliphatic heterocycles. The maximum absolute atomic E-state index is 5.39. The van der Waals surface area contributed by atoms with Gasteiger partial charge in [0.1, 0.15) is 11.6 Å². The molecule has 2 aromatic rings. The van der Waals surface area contributed by atoms with Crippen molar-refractivity contribution in [1.29, 1.82) is 0 Å². The van der Waals surface area contributed by atoms with Crippen LogP contribution in [0.4, 0.5) is 0 Å². The summed E-state index contributed by atoms with van der Waals surface area (Å²) < 4.78 is 5.39. The molecule has 1 aromatic carbocycles. The first-order chi connectivity index (χ1) is 9.38. The third-order valence-corrected chi connectivity index (χ3v) is 3.68. The third kappa shape index (κ3) is 2.49. The lowest BCUT2D eigenvalue weighted by atomic mass is 9.99. The summed E-state index contributed by atoms with van der Waals surface area (Å²) in [6.07, 6.45) is 4.32. The Bertz CT molecular complexity index is 544. The highest BCUT2D eigenvalue weighted by molar-refractivity contribution is 5.66. The van der Waals surface area contributed by atoms with Crippen molar-refractivity contribution >= 4 is 0 Å². The highest BCUT2D eigenvalue weighted by Crippen LogP contribution is 2.30. The van der Waals surface area contributed by atoms with E-state index in [4.69, 9.17) is 4.74 Å². The van der Waals surface area contributed by atoms with Crippen LogP contribution < -0.4 is 10.1 Å². The van der Waals surface area contributed by atoms with Gasteiger partial charge < -0.3 is 15.0 Å². The van der Waals surface area contributed by atoms with Gasteiger partial charge in [-0.25, -0.2) is 4.98 Å². The van der Waals surface area contributed by atoms with Crippen molar-refractivity contribution in [3.05, 3.63) is 36.3 Å². The number of rotatable bonds is 3. The number of benzene rings is 1. The van der Waals surface area contributed by atoms with Gasteiger partial charge in [-0.1, -0.05) is 12.1 Å². The number of hydrogen-bond donors (Lipinski definition) is 2. The summed E-state index contributed by atoms with van der Waals surface area (Å²) in [7, 11) is 1.70. The molecule has 2 heterocycles. The highest BCUT2D eigenvalue weighted by atomic mass is 16.5. The number of imidazole rings is 1. The molecule has 1 atom stereocenters. The molecule has 0 aliphatic carbocycles. The van der Waals surface area contributed by atoms with Gasteiger partial charge in [0.2, 0.25) is 0 Å². The van der Waals surface area contributed by atoms with E-state index >= 15 is 0 Å². The molecule has 0 saturated carbocycles. The van der Waals surface area contributed by atoms with Crippen LogP contribution in [0.25, 0.3) is 11.3 Å². The molecule has 1 aliphatic rings. The normalized spacial score (nSPS) is 19.3. The van der Waals surface area contributed by atoms with E-state index in [9.17, 15) is 0 Å². The van der Waals surface area contributed by atoms with E-state index in [1.54, 1.807) is 7.11 Å². The van der Waals surface area contributed by atoms with Crippen molar-refractivity contribution < 1.29 is 4.74 Å². The largest absolute Gasteiger partial charge is 0.496 e. The molecule has 1 fully saturated rings. The van der Waals surface area contributed by atoms with Crippen LogP contribution in [0.15, 0.2) is 30.5 Å². The smallest absolute Gasteiger partial charge is 0.128 e. The van der Waals surface area contributed by atoms with E-state index in [1.807, 2.05) is 24.4 Å². The average Bonchev–Trinajstić information content (AvgIpc) is 2.98. The maximum atomic E-state index is 5.39. The SMILES string of the molecule is COc1ccccc1-c1cnc(C2CCCNC2)[nH]1. The number of nitrogens with one attached hydrogen (secondary N) is 2. The number of para-hydroxylation sites is 1. The molecule has 0 spiro atoms. The molecule has 0 radical (unpaired) electrons. The predicted molar refractivity (Wildman–Crippen MR) is 75.4 cm³/mol. The van der Waals surface area contributed by atoms with Crippen LogP contribution in [-0.2, 0) is 0 Å². The molecule has 1 aromatic heterocycles. The number of aromatic amines is 1. The van der Waals surface area contributed by atoms with Crippen LogP contribution in [0.3, 0.4) is 0 Å². The zero-order valence-corrected chi connectivity index (χ0v) is 11.1. The van der Waals surface area contributed by atoms with Gasteiger partial charge in [0.15, 0.2) is 0 Å². The zero-order chi connectivity index (χ0) is 13.1. The molecule has 4 heteroatoms. The van der Waals surface area contributed by atoms with Gasteiger partial charge in [-0.05, 0) is 31.5 Å². The van der Waals surface area contributed by atoms with Crippen LogP contribution in [0, 0.1) is 0 Å². The maximum Gasteiger partial charge on any atom is 0.128 e. The molecule has 1 saturated heterocycles. The summed E-state index contributed by atoms with van der Waals surface area (Å²) >= 11 is 0. The van der Waals surface area contributed by atoms with Gasteiger partial charge in [0, 0.05) is 18.0 Å². The Morgan fingerprint density at radius 2 is 2.21 bits per heavy atom. The fourth-order valence-corrected chi connectivity index (χ4v) is 2.63. The highest BCUT2D eigenvalue weighted by Gasteiger charge is 2.18. The summed E-state index contributed by atoms with van der Waals surface area (Å²) in [6, 6.07) is 8.01. The van der Waals surface area contributed by atoms with Gasteiger partial charge in [0.25, 0.3) is 0 Å². The van der Waals surface area contributed by atoms with E-state index in [2.05, 4.69) is 21.4 Å². The van der Waals surface area contributed by atoms with Gasteiger partial charge in [-0.2, -0.15) is 0 Å². The molecule has 4 nitrogen and oxygen atoms in total. The van der Waals surface area contributed by atoms with Crippen molar-refractivity contribution in [2.75, 3.05) is 20.2 Å². The van der Waals surface area contributed by atoms with Crippen molar-refractivity contribution in [2.24, 2.45) is 0 Å². The van der Waals surface area contributed by atoms with Crippen LogP contribution >= 0.6 is 0 Å². The van der Waals surface area contributed by atoms with Crippen LogP contribution in [0.2, 0.25) is 0 Å². The molecular formula is C15H19N3O.